The fraction of sp³-hybridized carbons (Fsp3) is 0.939. The van der Waals surface area contributed by atoms with Crippen LogP contribution in [0.4, 0.5) is 8.78 Å². The quantitative estimate of drug-likeness (QED) is 0.292. The summed E-state index contributed by atoms with van der Waals surface area (Å²) < 4.78 is 26.8. The summed E-state index contributed by atoms with van der Waals surface area (Å²) in [5.74, 6) is 2.70. The molecule has 3 rings (SSSR count). The average molecular weight is 497 g/mol. The highest BCUT2D eigenvalue weighted by Gasteiger charge is 2.35. The highest BCUT2D eigenvalue weighted by Crippen LogP contribution is 2.43. The predicted octanol–water partition coefficient (Wildman–Crippen LogP) is 11.7. The third kappa shape index (κ3) is 12.6. The summed E-state index contributed by atoms with van der Waals surface area (Å²) in [7, 11) is 0. The lowest BCUT2D eigenvalue weighted by Gasteiger charge is -2.38. The third-order valence-corrected chi connectivity index (χ3v) is 9.15. The molecule has 0 bridgehead atoms. The SMILES string of the molecule is CC1(F)CC=C(C(C)(C)C)CC1.CC1(F)CCC(C(C)(C)C)CC1.CC1CCC(C(C)(C)C)CC1. The van der Waals surface area contributed by atoms with Gasteiger partial charge >= 0.3 is 0 Å². The van der Waals surface area contributed by atoms with Gasteiger partial charge in [-0.25, -0.2) is 8.78 Å². The number of hydrogen-bond acceptors (Lipinski definition) is 0. The van der Waals surface area contributed by atoms with E-state index in [4.69, 9.17) is 0 Å². The number of allylic oxidation sites excluding steroid dienone is 2. The molecule has 0 saturated heterocycles. The maximum Gasteiger partial charge on any atom is 0.112 e. The molecule has 1 unspecified atom stereocenters. The minimum Gasteiger partial charge on any atom is -0.244 e. The van der Waals surface area contributed by atoms with E-state index in [0.29, 0.717) is 23.7 Å². The van der Waals surface area contributed by atoms with E-state index in [1.807, 2.05) is 0 Å². The van der Waals surface area contributed by atoms with Gasteiger partial charge in [-0.05, 0) is 106 Å². The molecule has 0 nitrogen and oxygen atoms in total. The molecule has 2 heteroatoms. The zero-order valence-corrected chi connectivity index (χ0v) is 25.8. The highest BCUT2D eigenvalue weighted by molar-refractivity contribution is 5.16. The molecule has 0 aromatic heterocycles. The van der Waals surface area contributed by atoms with Crippen LogP contribution in [0.5, 0.6) is 0 Å². The van der Waals surface area contributed by atoms with Crippen molar-refractivity contribution in [3.63, 3.8) is 0 Å². The molecular formula is C33H62F2. The van der Waals surface area contributed by atoms with Crippen molar-refractivity contribution < 1.29 is 8.78 Å². The Morgan fingerprint density at radius 3 is 1.43 bits per heavy atom. The van der Waals surface area contributed by atoms with Gasteiger partial charge in [-0.1, -0.05) is 93.7 Å². The van der Waals surface area contributed by atoms with Gasteiger partial charge in [0.15, 0.2) is 0 Å². The highest BCUT2D eigenvalue weighted by atomic mass is 19.1. The molecule has 0 heterocycles. The fourth-order valence-electron chi connectivity index (χ4n) is 5.83. The molecule has 1 atom stereocenters. The normalized spacial score (nSPS) is 34.6. The molecule has 2 saturated carbocycles. The van der Waals surface area contributed by atoms with Crippen molar-refractivity contribution >= 4 is 0 Å². The van der Waals surface area contributed by atoms with Crippen LogP contribution < -0.4 is 0 Å². The molecule has 2 fully saturated rings. The van der Waals surface area contributed by atoms with Gasteiger partial charge in [-0.15, -0.1) is 0 Å². The van der Waals surface area contributed by atoms with Crippen molar-refractivity contribution in [1.82, 2.24) is 0 Å². The number of alkyl halides is 2. The summed E-state index contributed by atoms with van der Waals surface area (Å²) in [6.07, 6.45) is 13.8. The van der Waals surface area contributed by atoms with Crippen molar-refractivity contribution in [2.24, 2.45) is 34.0 Å². The Hall–Kier alpha value is -0.400. The van der Waals surface area contributed by atoms with Gasteiger partial charge in [-0.3, -0.25) is 0 Å². The van der Waals surface area contributed by atoms with Crippen LogP contribution in [0.2, 0.25) is 0 Å². The lowest BCUT2D eigenvalue weighted by molar-refractivity contribution is 0.0637. The zero-order chi connectivity index (χ0) is 27.3. The molecule has 0 aromatic rings. The van der Waals surface area contributed by atoms with Crippen LogP contribution in [-0.4, -0.2) is 11.3 Å². The Balaban J connectivity index is 0.000000263. The summed E-state index contributed by atoms with van der Waals surface area (Å²) >= 11 is 0. The van der Waals surface area contributed by atoms with E-state index >= 15 is 0 Å². The third-order valence-electron chi connectivity index (χ3n) is 9.15. The summed E-state index contributed by atoms with van der Waals surface area (Å²) in [4.78, 5) is 0. The molecule has 0 spiro atoms. The lowest BCUT2D eigenvalue weighted by atomic mass is 9.69. The Bertz CT molecular complexity index is 630. The topological polar surface area (TPSA) is 0 Å². The van der Waals surface area contributed by atoms with Crippen molar-refractivity contribution in [2.75, 3.05) is 0 Å². The maximum atomic E-state index is 13.4. The molecule has 0 radical (unpaired) electrons. The average Bonchev–Trinajstić information content (AvgIpc) is 2.66. The molecule has 35 heavy (non-hydrogen) atoms. The second kappa shape index (κ2) is 12.4. The van der Waals surface area contributed by atoms with E-state index in [9.17, 15) is 8.78 Å². The van der Waals surface area contributed by atoms with E-state index in [-0.39, 0.29) is 5.41 Å². The molecule has 0 aromatic carbocycles. The van der Waals surface area contributed by atoms with Crippen LogP contribution in [-0.2, 0) is 0 Å². The van der Waals surface area contributed by atoms with Crippen LogP contribution in [0.1, 0.15) is 154 Å². The van der Waals surface area contributed by atoms with Crippen LogP contribution in [0.15, 0.2) is 11.6 Å². The van der Waals surface area contributed by atoms with Crippen LogP contribution in [0, 0.1) is 34.0 Å². The van der Waals surface area contributed by atoms with E-state index in [1.54, 1.807) is 13.8 Å². The Morgan fingerprint density at radius 2 is 1.09 bits per heavy atom. The number of hydrogen-bond donors (Lipinski definition) is 0. The van der Waals surface area contributed by atoms with Gasteiger partial charge in [0.1, 0.15) is 11.3 Å². The Labute approximate surface area is 219 Å². The minimum absolute atomic E-state index is 0.233. The first-order valence-corrected chi connectivity index (χ1v) is 14.7. The van der Waals surface area contributed by atoms with E-state index < -0.39 is 11.3 Å². The first kappa shape index (κ1) is 32.6. The zero-order valence-electron chi connectivity index (χ0n) is 25.8. The van der Waals surface area contributed by atoms with Gasteiger partial charge in [0.25, 0.3) is 0 Å². The molecule has 3 aliphatic carbocycles. The molecule has 0 N–H and O–H groups in total. The lowest BCUT2D eigenvalue weighted by Crippen LogP contribution is -2.31. The van der Waals surface area contributed by atoms with Crippen molar-refractivity contribution in [1.29, 1.82) is 0 Å². The van der Waals surface area contributed by atoms with Crippen LogP contribution in [0.25, 0.3) is 0 Å². The second-order valence-corrected chi connectivity index (χ2v) is 16.0. The summed E-state index contributed by atoms with van der Waals surface area (Å²) in [6, 6.07) is 0. The molecule has 0 amide bonds. The fourth-order valence-corrected chi connectivity index (χ4v) is 5.83. The van der Waals surface area contributed by atoms with Crippen molar-refractivity contribution in [3.05, 3.63) is 11.6 Å². The van der Waals surface area contributed by atoms with E-state index in [1.165, 1.54) is 31.3 Å². The van der Waals surface area contributed by atoms with Crippen molar-refractivity contribution in [2.45, 2.75) is 165 Å². The number of rotatable bonds is 0. The molecular weight excluding hydrogens is 434 g/mol. The van der Waals surface area contributed by atoms with Gasteiger partial charge in [0, 0.05) is 0 Å². The Morgan fingerprint density at radius 1 is 0.657 bits per heavy atom. The summed E-state index contributed by atoms with van der Waals surface area (Å²) in [5.41, 5.74) is 0.751. The van der Waals surface area contributed by atoms with Gasteiger partial charge in [0.2, 0.25) is 0 Å². The maximum absolute atomic E-state index is 13.4. The molecule has 3 aliphatic rings. The first-order valence-electron chi connectivity index (χ1n) is 14.7. The van der Waals surface area contributed by atoms with Crippen LogP contribution >= 0.6 is 0 Å². The first-order chi connectivity index (χ1) is 15.6. The monoisotopic (exact) mass is 496 g/mol. The predicted molar refractivity (Wildman–Crippen MR) is 152 cm³/mol. The molecule has 208 valence electrons. The molecule has 0 aliphatic heterocycles. The van der Waals surface area contributed by atoms with E-state index in [2.05, 4.69) is 75.3 Å². The standard InChI is InChI=1S/C11H21F.C11H19F.C11H22/c2*1-10(2,3)9-5-7-11(4,12)8-6-9;1-9-5-7-10(8-6-9)11(2,3)4/h9H,5-8H2,1-4H3;5H,6-8H2,1-4H3;9-10H,5-8H2,1-4H3. The summed E-state index contributed by atoms with van der Waals surface area (Å²) in [6.45, 7) is 26.3. The number of halogens is 2. The van der Waals surface area contributed by atoms with Crippen molar-refractivity contribution in [3.8, 4) is 0 Å². The smallest absolute Gasteiger partial charge is 0.112 e. The Kier molecular flexibility index (Phi) is 11.6. The second-order valence-electron chi connectivity index (χ2n) is 16.0. The van der Waals surface area contributed by atoms with E-state index in [0.717, 1.165) is 49.9 Å². The van der Waals surface area contributed by atoms with Crippen LogP contribution in [0.3, 0.4) is 0 Å². The van der Waals surface area contributed by atoms with Gasteiger partial charge in [-0.2, -0.15) is 0 Å². The summed E-state index contributed by atoms with van der Waals surface area (Å²) in [5, 5.41) is 0. The van der Waals surface area contributed by atoms with Gasteiger partial charge < -0.3 is 0 Å². The minimum atomic E-state index is -0.950. The largest absolute Gasteiger partial charge is 0.244 e. The van der Waals surface area contributed by atoms with Gasteiger partial charge in [0.05, 0.1) is 0 Å².